The highest BCUT2D eigenvalue weighted by Gasteiger charge is 2.07. The van der Waals surface area contributed by atoms with Crippen LogP contribution in [0.3, 0.4) is 0 Å². The van der Waals surface area contributed by atoms with E-state index < -0.39 is 6.43 Å². The highest BCUT2D eigenvalue weighted by molar-refractivity contribution is 5.85. The van der Waals surface area contributed by atoms with Crippen LogP contribution in [0, 0.1) is 0 Å². The second-order valence-corrected chi connectivity index (χ2v) is 2.43. The molecule has 3 nitrogen and oxygen atoms in total. The summed E-state index contributed by atoms with van der Waals surface area (Å²) in [5, 5.41) is 6.65. The molecule has 0 saturated heterocycles. The maximum atomic E-state index is 11.9. The molecule has 0 atom stereocenters. The van der Waals surface area contributed by atoms with Crippen molar-refractivity contribution in [3.8, 4) is 0 Å². The monoisotopic (exact) mass is 211 g/mol. The van der Waals surface area contributed by atoms with Crippen LogP contribution in [0.4, 0.5) is 8.78 Å². The standard InChI is InChI=1S/C7H11F2N3.ClH/c1-10-4-6-2-3-11-12(6)5-7(8)9;/h2-3,7,10H,4-5H2,1H3;1H. The quantitative estimate of drug-likeness (QED) is 0.814. The molecule has 76 valence electrons. The van der Waals surface area contributed by atoms with Crippen LogP contribution >= 0.6 is 12.4 Å². The molecule has 0 aromatic carbocycles. The van der Waals surface area contributed by atoms with Gasteiger partial charge in [-0.25, -0.2) is 8.78 Å². The predicted octanol–water partition coefficient (Wildman–Crippen LogP) is 1.29. The lowest BCUT2D eigenvalue weighted by Crippen LogP contribution is -2.15. The third kappa shape index (κ3) is 3.69. The molecule has 0 fully saturated rings. The van der Waals surface area contributed by atoms with E-state index in [-0.39, 0.29) is 19.0 Å². The van der Waals surface area contributed by atoms with Gasteiger partial charge in [-0.15, -0.1) is 12.4 Å². The molecule has 13 heavy (non-hydrogen) atoms. The molecule has 1 heterocycles. The zero-order chi connectivity index (χ0) is 8.97. The first-order valence-electron chi connectivity index (χ1n) is 3.67. The summed E-state index contributed by atoms with van der Waals surface area (Å²) < 4.78 is 25.2. The zero-order valence-corrected chi connectivity index (χ0v) is 8.02. The van der Waals surface area contributed by atoms with Gasteiger partial charge in [0, 0.05) is 12.7 Å². The van der Waals surface area contributed by atoms with E-state index in [9.17, 15) is 8.78 Å². The highest BCUT2D eigenvalue weighted by Crippen LogP contribution is 2.02. The van der Waals surface area contributed by atoms with Crippen molar-refractivity contribution in [3.63, 3.8) is 0 Å². The smallest absolute Gasteiger partial charge is 0.257 e. The third-order valence-corrected chi connectivity index (χ3v) is 1.47. The largest absolute Gasteiger partial charge is 0.314 e. The molecule has 6 heteroatoms. The lowest BCUT2D eigenvalue weighted by atomic mass is 10.4. The molecular formula is C7H12ClF2N3. The molecule has 0 aliphatic heterocycles. The van der Waals surface area contributed by atoms with Crippen LogP contribution in [0.1, 0.15) is 5.69 Å². The molecule has 1 aromatic rings. The van der Waals surface area contributed by atoms with E-state index in [2.05, 4.69) is 10.4 Å². The Morgan fingerprint density at radius 2 is 2.31 bits per heavy atom. The summed E-state index contributed by atoms with van der Waals surface area (Å²) in [5.74, 6) is 0. The Kier molecular flexibility index (Phi) is 5.57. The fourth-order valence-electron chi connectivity index (χ4n) is 0.986. The molecule has 1 rings (SSSR count). The predicted molar refractivity (Wildman–Crippen MR) is 48.2 cm³/mol. The molecule has 0 amide bonds. The van der Waals surface area contributed by atoms with Crippen molar-refractivity contribution in [3.05, 3.63) is 18.0 Å². The molecule has 0 spiro atoms. The van der Waals surface area contributed by atoms with Crippen LogP contribution in [0.2, 0.25) is 0 Å². The van der Waals surface area contributed by atoms with Gasteiger partial charge in [0.2, 0.25) is 0 Å². The van der Waals surface area contributed by atoms with Gasteiger partial charge in [0.1, 0.15) is 6.54 Å². The van der Waals surface area contributed by atoms with Gasteiger partial charge >= 0.3 is 0 Å². The summed E-state index contributed by atoms with van der Waals surface area (Å²) >= 11 is 0. The van der Waals surface area contributed by atoms with Crippen molar-refractivity contribution in [1.82, 2.24) is 15.1 Å². The minimum Gasteiger partial charge on any atom is -0.314 e. The van der Waals surface area contributed by atoms with Crippen molar-refractivity contribution < 1.29 is 8.78 Å². The first kappa shape index (κ1) is 12.3. The maximum Gasteiger partial charge on any atom is 0.257 e. The Balaban J connectivity index is 0.00000144. The molecule has 0 saturated carbocycles. The Morgan fingerprint density at radius 3 is 2.85 bits per heavy atom. The average Bonchev–Trinajstić information content (AvgIpc) is 2.37. The van der Waals surface area contributed by atoms with Crippen molar-refractivity contribution in [2.45, 2.75) is 19.5 Å². The Bertz CT molecular complexity index is 239. The fraction of sp³-hybridized carbons (Fsp3) is 0.571. The van der Waals surface area contributed by atoms with Gasteiger partial charge in [-0.05, 0) is 13.1 Å². The number of aromatic nitrogens is 2. The van der Waals surface area contributed by atoms with Crippen LogP contribution in [-0.4, -0.2) is 23.3 Å². The lowest BCUT2D eigenvalue weighted by Gasteiger charge is -2.05. The molecule has 0 bridgehead atoms. The van der Waals surface area contributed by atoms with Gasteiger partial charge in [-0.3, -0.25) is 4.68 Å². The highest BCUT2D eigenvalue weighted by atomic mass is 35.5. The van der Waals surface area contributed by atoms with Gasteiger partial charge in [0.15, 0.2) is 0 Å². The van der Waals surface area contributed by atoms with Crippen LogP contribution in [-0.2, 0) is 13.1 Å². The minimum atomic E-state index is -2.35. The summed E-state index contributed by atoms with van der Waals surface area (Å²) in [4.78, 5) is 0. The van der Waals surface area contributed by atoms with E-state index >= 15 is 0 Å². The van der Waals surface area contributed by atoms with Crippen molar-refractivity contribution >= 4 is 12.4 Å². The molecule has 0 radical (unpaired) electrons. The summed E-state index contributed by atoms with van der Waals surface area (Å²) in [6, 6.07) is 1.72. The fourth-order valence-corrected chi connectivity index (χ4v) is 0.986. The van der Waals surface area contributed by atoms with E-state index in [1.807, 2.05) is 0 Å². The molecule has 1 aromatic heterocycles. The molecule has 0 unspecified atom stereocenters. The van der Waals surface area contributed by atoms with Crippen molar-refractivity contribution in [2.75, 3.05) is 7.05 Å². The average molecular weight is 212 g/mol. The molecular weight excluding hydrogens is 200 g/mol. The first-order valence-corrected chi connectivity index (χ1v) is 3.67. The normalized spacial score (nSPS) is 10.2. The van der Waals surface area contributed by atoms with Crippen molar-refractivity contribution in [1.29, 1.82) is 0 Å². The number of hydrogen-bond acceptors (Lipinski definition) is 2. The van der Waals surface area contributed by atoms with Crippen LogP contribution in [0.15, 0.2) is 12.3 Å². The Morgan fingerprint density at radius 1 is 1.62 bits per heavy atom. The van der Waals surface area contributed by atoms with Crippen molar-refractivity contribution in [2.24, 2.45) is 0 Å². The van der Waals surface area contributed by atoms with Gasteiger partial charge in [-0.2, -0.15) is 5.10 Å². The minimum absolute atomic E-state index is 0. The molecule has 0 aliphatic rings. The van der Waals surface area contributed by atoms with E-state index in [0.717, 1.165) is 5.69 Å². The number of rotatable bonds is 4. The number of nitrogens with one attached hydrogen (secondary N) is 1. The molecule has 0 aliphatic carbocycles. The second kappa shape index (κ2) is 5.88. The van der Waals surface area contributed by atoms with Crippen LogP contribution in [0.5, 0.6) is 0 Å². The summed E-state index contributed by atoms with van der Waals surface area (Å²) in [6.45, 7) is 0.233. The van der Waals surface area contributed by atoms with E-state index in [1.165, 1.54) is 10.9 Å². The Labute approximate surface area is 81.5 Å². The first-order chi connectivity index (χ1) is 5.74. The number of alkyl halides is 2. The summed E-state index contributed by atoms with van der Waals surface area (Å²) in [6.07, 6.45) is -0.824. The SMILES string of the molecule is CNCc1ccnn1CC(F)F.Cl. The topological polar surface area (TPSA) is 29.9 Å². The summed E-state index contributed by atoms with van der Waals surface area (Å²) in [5.41, 5.74) is 0.776. The van der Waals surface area contributed by atoms with Crippen LogP contribution in [0.25, 0.3) is 0 Å². The van der Waals surface area contributed by atoms with E-state index in [0.29, 0.717) is 6.54 Å². The van der Waals surface area contributed by atoms with E-state index in [4.69, 9.17) is 0 Å². The lowest BCUT2D eigenvalue weighted by molar-refractivity contribution is 0.120. The number of nitrogens with zero attached hydrogens (tertiary/aromatic N) is 2. The van der Waals surface area contributed by atoms with Gasteiger partial charge in [0.05, 0.1) is 5.69 Å². The maximum absolute atomic E-state index is 11.9. The summed E-state index contributed by atoms with van der Waals surface area (Å²) in [7, 11) is 1.76. The van der Waals surface area contributed by atoms with Gasteiger partial charge < -0.3 is 5.32 Å². The van der Waals surface area contributed by atoms with Gasteiger partial charge in [0.25, 0.3) is 6.43 Å². The third-order valence-electron chi connectivity index (χ3n) is 1.47. The van der Waals surface area contributed by atoms with Crippen LogP contribution < -0.4 is 5.32 Å². The Hall–Kier alpha value is -0.680. The number of halogens is 3. The number of hydrogen-bond donors (Lipinski definition) is 1. The zero-order valence-electron chi connectivity index (χ0n) is 7.20. The molecule has 1 N–H and O–H groups in total. The van der Waals surface area contributed by atoms with E-state index in [1.54, 1.807) is 13.1 Å². The second-order valence-electron chi connectivity index (χ2n) is 2.43. The van der Waals surface area contributed by atoms with Gasteiger partial charge in [-0.1, -0.05) is 0 Å².